The van der Waals surface area contributed by atoms with E-state index in [0.717, 1.165) is 18.4 Å². The van der Waals surface area contributed by atoms with Gasteiger partial charge in [0.1, 0.15) is 6.10 Å². The molecular formula is C26H30N2O4. The molecule has 0 N–H and O–H groups in total. The summed E-state index contributed by atoms with van der Waals surface area (Å²) in [5.74, 6) is 1.15. The van der Waals surface area contributed by atoms with Gasteiger partial charge in [-0.15, -0.1) is 0 Å². The highest BCUT2D eigenvalue weighted by atomic mass is 16.5. The highest BCUT2D eigenvalue weighted by molar-refractivity contribution is 5.71. The lowest BCUT2D eigenvalue weighted by Crippen LogP contribution is -2.44. The topological polar surface area (TPSA) is 71.8 Å². The van der Waals surface area contributed by atoms with Gasteiger partial charge in [0.25, 0.3) is 0 Å². The van der Waals surface area contributed by atoms with Crippen LogP contribution in [0, 0.1) is 11.3 Å². The predicted octanol–water partition coefficient (Wildman–Crippen LogP) is 3.66. The molecule has 1 heterocycles. The highest BCUT2D eigenvalue weighted by Crippen LogP contribution is 2.40. The minimum absolute atomic E-state index is 0.0565. The minimum Gasteiger partial charge on any atom is -0.493 e. The lowest BCUT2D eigenvalue weighted by atomic mass is 9.74. The molecule has 1 aliphatic carbocycles. The molecule has 32 heavy (non-hydrogen) atoms. The van der Waals surface area contributed by atoms with Gasteiger partial charge in [0.15, 0.2) is 11.5 Å². The fourth-order valence-electron chi connectivity index (χ4n) is 4.79. The molecule has 1 saturated heterocycles. The molecule has 4 rings (SSSR count). The average Bonchev–Trinajstić information content (AvgIpc) is 3.22. The van der Waals surface area contributed by atoms with Gasteiger partial charge in [-0.25, -0.2) is 0 Å². The number of fused-ring (bicyclic) bond motifs is 1. The molecule has 0 atom stereocenters. The van der Waals surface area contributed by atoms with Gasteiger partial charge < -0.3 is 14.2 Å². The number of nitrogens with zero attached hydrogens (tertiary/aromatic N) is 2. The molecule has 6 heteroatoms. The van der Waals surface area contributed by atoms with E-state index >= 15 is 0 Å². The van der Waals surface area contributed by atoms with Crippen molar-refractivity contribution in [2.45, 2.75) is 44.1 Å². The molecule has 0 unspecified atom stereocenters. The molecule has 0 amide bonds. The van der Waals surface area contributed by atoms with E-state index in [9.17, 15) is 10.1 Å². The molecule has 2 aromatic rings. The third-order valence-electron chi connectivity index (χ3n) is 6.61. The summed E-state index contributed by atoms with van der Waals surface area (Å²) >= 11 is 0. The maximum Gasteiger partial charge on any atom is 0.320 e. The van der Waals surface area contributed by atoms with Crippen LogP contribution in [-0.2, 0) is 27.8 Å². The number of benzene rings is 2. The fourth-order valence-corrected chi connectivity index (χ4v) is 4.79. The Bertz CT molecular complexity index is 980. The first kappa shape index (κ1) is 22.2. The van der Waals surface area contributed by atoms with Crippen molar-refractivity contribution in [1.29, 1.82) is 5.26 Å². The molecule has 168 valence electrons. The van der Waals surface area contributed by atoms with E-state index < -0.39 is 5.41 Å². The molecule has 2 aromatic carbocycles. The van der Waals surface area contributed by atoms with Gasteiger partial charge in [0.2, 0.25) is 0 Å². The third kappa shape index (κ3) is 4.58. The molecule has 0 aromatic heterocycles. The van der Waals surface area contributed by atoms with Gasteiger partial charge in [-0.1, -0.05) is 30.3 Å². The summed E-state index contributed by atoms with van der Waals surface area (Å²) in [5, 5.41) is 10.1. The molecule has 2 aliphatic rings. The molecule has 0 saturated carbocycles. The Hall–Kier alpha value is -3.04. The normalized spacial score (nSPS) is 17.9. The number of methoxy groups -OCH3 is 1. The number of esters is 1. The SMILES string of the molecule is CCOC(=O)CN1CCC(C#N)(c2ccc(OC)c(OC3Cc4ccccc4C3)c2)CC1. The number of nitriles is 1. The fraction of sp³-hybridized carbons (Fsp3) is 0.462. The second kappa shape index (κ2) is 9.62. The lowest BCUT2D eigenvalue weighted by Gasteiger charge is -2.37. The van der Waals surface area contributed by atoms with Crippen LogP contribution in [0.5, 0.6) is 11.5 Å². The first-order valence-corrected chi connectivity index (χ1v) is 11.3. The van der Waals surface area contributed by atoms with Crippen LogP contribution in [-0.4, -0.2) is 50.3 Å². The van der Waals surface area contributed by atoms with Crippen LogP contribution in [0.3, 0.4) is 0 Å². The maximum atomic E-state index is 11.8. The Labute approximate surface area is 189 Å². The lowest BCUT2D eigenvalue weighted by molar-refractivity contribution is -0.144. The van der Waals surface area contributed by atoms with Crippen LogP contribution in [0.15, 0.2) is 42.5 Å². The van der Waals surface area contributed by atoms with Gasteiger partial charge in [-0.05, 0) is 48.6 Å². The number of hydrogen-bond acceptors (Lipinski definition) is 6. The van der Waals surface area contributed by atoms with Gasteiger partial charge in [0.05, 0.1) is 31.7 Å². The number of rotatable bonds is 7. The summed E-state index contributed by atoms with van der Waals surface area (Å²) in [6, 6.07) is 16.8. The summed E-state index contributed by atoms with van der Waals surface area (Å²) < 4.78 is 17.0. The third-order valence-corrected chi connectivity index (χ3v) is 6.61. The van der Waals surface area contributed by atoms with Crippen molar-refractivity contribution in [3.8, 4) is 17.6 Å². The summed E-state index contributed by atoms with van der Waals surface area (Å²) in [6.07, 6.45) is 3.11. The second-order valence-corrected chi connectivity index (χ2v) is 8.56. The molecule has 0 spiro atoms. The van der Waals surface area contributed by atoms with Crippen LogP contribution in [0.25, 0.3) is 0 Å². The zero-order valence-corrected chi connectivity index (χ0v) is 18.8. The number of carbonyl (C=O) groups is 1. The number of ether oxygens (including phenoxy) is 3. The molecule has 1 fully saturated rings. The van der Waals surface area contributed by atoms with E-state index in [1.165, 1.54) is 11.1 Å². The van der Waals surface area contributed by atoms with E-state index in [1.807, 2.05) is 25.1 Å². The number of hydrogen-bond donors (Lipinski definition) is 0. The van der Waals surface area contributed by atoms with Gasteiger partial charge in [0, 0.05) is 25.9 Å². The van der Waals surface area contributed by atoms with E-state index in [0.29, 0.717) is 44.0 Å². The highest BCUT2D eigenvalue weighted by Gasteiger charge is 2.38. The van der Waals surface area contributed by atoms with E-state index in [-0.39, 0.29) is 18.6 Å². The Balaban J connectivity index is 1.49. The van der Waals surface area contributed by atoms with Gasteiger partial charge in [-0.3, -0.25) is 9.69 Å². The van der Waals surface area contributed by atoms with Crippen molar-refractivity contribution in [1.82, 2.24) is 4.90 Å². The van der Waals surface area contributed by atoms with Crippen molar-refractivity contribution in [3.63, 3.8) is 0 Å². The molecule has 1 aliphatic heterocycles. The summed E-state index contributed by atoms with van der Waals surface area (Å²) in [7, 11) is 1.64. The monoisotopic (exact) mass is 434 g/mol. The van der Waals surface area contributed by atoms with Gasteiger partial charge in [-0.2, -0.15) is 5.26 Å². The smallest absolute Gasteiger partial charge is 0.320 e. The molecule has 0 radical (unpaired) electrons. The maximum absolute atomic E-state index is 11.8. The van der Waals surface area contributed by atoms with Crippen LogP contribution >= 0.6 is 0 Å². The molecule has 6 nitrogen and oxygen atoms in total. The van der Waals surface area contributed by atoms with Gasteiger partial charge >= 0.3 is 5.97 Å². The van der Waals surface area contributed by atoms with Crippen molar-refractivity contribution in [3.05, 3.63) is 59.2 Å². The summed E-state index contributed by atoms with van der Waals surface area (Å²) in [6.45, 7) is 3.81. The Kier molecular flexibility index (Phi) is 6.66. The van der Waals surface area contributed by atoms with Crippen LogP contribution in [0.4, 0.5) is 0 Å². The Morgan fingerprint density at radius 2 is 1.81 bits per heavy atom. The largest absolute Gasteiger partial charge is 0.493 e. The number of likely N-dealkylation sites (tertiary alicyclic amines) is 1. The summed E-state index contributed by atoms with van der Waals surface area (Å²) in [4.78, 5) is 13.9. The summed E-state index contributed by atoms with van der Waals surface area (Å²) in [5.41, 5.74) is 3.00. The Morgan fingerprint density at radius 1 is 1.12 bits per heavy atom. The molecular weight excluding hydrogens is 404 g/mol. The number of carbonyl (C=O) groups excluding carboxylic acids is 1. The quantitative estimate of drug-likeness (QED) is 0.620. The standard InChI is InChI=1S/C26H30N2O4/c1-3-31-25(29)17-28-12-10-26(18-27,11-13-28)21-8-9-23(30-2)24(16-21)32-22-14-19-6-4-5-7-20(19)15-22/h4-9,16,22H,3,10-15,17H2,1-2H3. The van der Waals surface area contributed by atoms with Crippen LogP contribution in [0.2, 0.25) is 0 Å². The van der Waals surface area contributed by atoms with Crippen molar-refractivity contribution >= 4 is 5.97 Å². The van der Waals surface area contributed by atoms with Crippen LogP contribution < -0.4 is 9.47 Å². The second-order valence-electron chi connectivity index (χ2n) is 8.56. The van der Waals surface area contributed by atoms with Crippen molar-refractivity contribution in [2.24, 2.45) is 0 Å². The van der Waals surface area contributed by atoms with E-state index in [4.69, 9.17) is 14.2 Å². The zero-order valence-electron chi connectivity index (χ0n) is 18.8. The van der Waals surface area contributed by atoms with Crippen molar-refractivity contribution in [2.75, 3.05) is 33.4 Å². The first-order chi connectivity index (χ1) is 15.6. The van der Waals surface area contributed by atoms with Crippen molar-refractivity contribution < 1.29 is 19.0 Å². The molecule has 0 bridgehead atoms. The first-order valence-electron chi connectivity index (χ1n) is 11.3. The zero-order chi connectivity index (χ0) is 22.6. The van der Waals surface area contributed by atoms with E-state index in [1.54, 1.807) is 7.11 Å². The average molecular weight is 435 g/mol. The van der Waals surface area contributed by atoms with Crippen LogP contribution in [0.1, 0.15) is 36.5 Å². The van der Waals surface area contributed by atoms with E-state index in [2.05, 4.69) is 35.2 Å². The predicted molar refractivity (Wildman–Crippen MR) is 121 cm³/mol. The minimum atomic E-state index is -0.603. The number of piperidine rings is 1. The Morgan fingerprint density at radius 3 is 2.41 bits per heavy atom.